The van der Waals surface area contributed by atoms with Crippen LogP contribution in [0.15, 0.2) is 97.2 Å². The SMILES string of the molecule is CC/C=C\C/C=C\C/C=C\C/C=C\C/C=C\C/C=C\CCCCCCCCC(=O)OC(COC(=O)CCCCCCC/C=C\C/C=C\CCC)COP(=O)(O)OCCN. The van der Waals surface area contributed by atoms with E-state index in [4.69, 9.17) is 24.3 Å². The normalized spacial score (nSPS) is 14.2. The van der Waals surface area contributed by atoms with Crippen molar-refractivity contribution < 1.29 is 37.6 Å². The lowest BCUT2D eigenvalue weighted by atomic mass is 10.1. The number of unbranched alkanes of at least 4 members (excludes halogenated alkanes) is 12. The zero-order chi connectivity index (χ0) is 43.2. The van der Waals surface area contributed by atoms with Crippen LogP contribution in [0.2, 0.25) is 0 Å². The lowest BCUT2D eigenvalue weighted by molar-refractivity contribution is -0.161. The van der Waals surface area contributed by atoms with Crippen LogP contribution in [0.3, 0.4) is 0 Å². The van der Waals surface area contributed by atoms with Gasteiger partial charge in [0.05, 0.1) is 13.2 Å². The van der Waals surface area contributed by atoms with Crippen LogP contribution in [-0.2, 0) is 32.7 Å². The number of phosphoric ester groups is 1. The molecule has 0 saturated carbocycles. The molecule has 59 heavy (non-hydrogen) atoms. The van der Waals surface area contributed by atoms with Crippen LogP contribution >= 0.6 is 7.82 Å². The minimum atomic E-state index is -4.39. The minimum absolute atomic E-state index is 0.0431. The van der Waals surface area contributed by atoms with E-state index in [0.717, 1.165) is 122 Å². The predicted molar refractivity (Wildman–Crippen MR) is 247 cm³/mol. The fraction of sp³-hybridized carbons (Fsp3) is 0.633. The first-order chi connectivity index (χ1) is 28.8. The molecule has 0 heterocycles. The molecule has 0 fully saturated rings. The summed E-state index contributed by atoms with van der Waals surface area (Å²) in [5, 5.41) is 0. The zero-order valence-electron chi connectivity index (χ0n) is 36.9. The molecule has 336 valence electrons. The number of ether oxygens (including phenoxy) is 2. The molecule has 0 aromatic rings. The van der Waals surface area contributed by atoms with Crippen molar-refractivity contribution in [2.75, 3.05) is 26.4 Å². The van der Waals surface area contributed by atoms with Crippen molar-refractivity contribution in [1.82, 2.24) is 0 Å². The highest BCUT2D eigenvalue weighted by Gasteiger charge is 2.26. The summed E-state index contributed by atoms with van der Waals surface area (Å²) in [5.41, 5.74) is 5.35. The van der Waals surface area contributed by atoms with Crippen molar-refractivity contribution in [3.8, 4) is 0 Å². The summed E-state index contributed by atoms with van der Waals surface area (Å²) in [6.07, 6.45) is 57.2. The predicted octanol–water partition coefficient (Wildman–Crippen LogP) is 13.4. The second-order valence-corrected chi connectivity index (χ2v) is 16.0. The van der Waals surface area contributed by atoms with Gasteiger partial charge in [0, 0.05) is 19.4 Å². The van der Waals surface area contributed by atoms with Crippen LogP contribution in [0.1, 0.15) is 168 Å². The van der Waals surface area contributed by atoms with E-state index in [1.54, 1.807) is 0 Å². The third kappa shape index (κ3) is 44.3. The lowest BCUT2D eigenvalue weighted by Crippen LogP contribution is -2.29. The Kier molecular flexibility index (Phi) is 42.2. The fourth-order valence-corrected chi connectivity index (χ4v) is 6.38. The number of hydrogen-bond acceptors (Lipinski definition) is 8. The molecule has 0 aromatic carbocycles. The van der Waals surface area contributed by atoms with E-state index in [1.165, 1.54) is 6.42 Å². The van der Waals surface area contributed by atoms with Crippen LogP contribution in [0.4, 0.5) is 0 Å². The number of esters is 2. The molecule has 0 saturated heterocycles. The van der Waals surface area contributed by atoms with E-state index in [0.29, 0.717) is 12.8 Å². The van der Waals surface area contributed by atoms with Gasteiger partial charge in [-0.3, -0.25) is 18.6 Å². The van der Waals surface area contributed by atoms with Crippen molar-refractivity contribution in [2.24, 2.45) is 5.73 Å². The zero-order valence-corrected chi connectivity index (χ0v) is 37.8. The van der Waals surface area contributed by atoms with Crippen LogP contribution in [-0.4, -0.2) is 49.3 Å². The number of carbonyl (C=O) groups excluding carboxylic acids is 2. The molecule has 2 unspecified atom stereocenters. The number of rotatable bonds is 41. The standard InChI is InChI=1S/C49H82NO8P/c1-3-5-7-9-11-13-15-17-18-19-20-21-22-23-24-25-26-27-28-30-32-34-36-38-40-42-49(52)58-47(46-57-59(53,54)56-44-43-50)45-55-48(51)41-39-37-35-33-31-29-16-14-12-10-8-6-4-2/h5,7-8,10-11,13-14,16-18,20-21,23-24,26-27,47H,3-4,6,9,12,15,19,22,25,28-46,50H2,1-2H3,(H,53,54)/b7-5-,10-8-,13-11-,16-14-,18-17-,21-20-,24-23-,27-26-. The first-order valence-electron chi connectivity index (χ1n) is 22.7. The van der Waals surface area contributed by atoms with Crippen LogP contribution in [0, 0.1) is 0 Å². The molecule has 9 nitrogen and oxygen atoms in total. The summed E-state index contributed by atoms with van der Waals surface area (Å²) in [7, 11) is -4.39. The Balaban J connectivity index is 4.17. The number of carbonyl (C=O) groups is 2. The van der Waals surface area contributed by atoms with E-state index in [9.17, 15) is 19.0 Å². The molecule has 10 heteroatoms. The van der Waals surface area contributed by atoms with Gasteiger partial charge in [0.15, 0.2) is 6.10 Å². The average molecular weight is 844 g/mol. The topological polar surface area (TPSA) is 134 Å². The minimum Gasteiger partial charge on any atom is -0.462 e. The highest BCUT2D eigenvalue weighted by Crippen LogP contribution is 2.43. The first-order valence-corrected chi connectivity index (χ1v) is 24.2. The highest BCUT2D eigenvalue weighted by molar-refractivity contribution is 7.47. The lowest BCUT2D eigenvalue weighted by Gasteiger charge is -2.19. The summed E-state index contributed by atoms with van der Waals surface area (Å²) in [4.78, 5) is 34.9. The summed E-state index contributed by atoms with van der Waals surface area (Å²) in [6.45, 7) is 3.50. The highest BCUT2D eigenvalue weighted by atomic mass is 31.2. The quantitative estimate of drug-likeness (QED) is 0.0267. The molecule has 0 aliphatic carbocycles. The molecule has 0 radical (unpaired) electrons. The van der Waals surface area contributed by atoms with Gasteiger partial charge in [-0.15, -0.1) is 0 Å². The van der Waals surface area contributed by atoms with Crippen molar-refractivity contribution in [3.63, 3.8) is 0 Å². The van der Waals surface area contributed by atoms with Crippen molar-refractivity contribution >= 4 is 19.8 Å². The molecule has 0 amide bonds. The second-order valence-electron chi connectivity index (χ2n) is 14.5. The molecule has 0 bridgehead atoms. The fourth-order valence-electron chi connectivity index (χ4n) is 5.62. The van der Waals surface area contributed by atoms with Crippen LogP contribution in [0.5, 0.6) is 0 Å². The Bertz CT molecular complexity index is 1280. The Morgan fingerprint density at radius 2 is 0.932 bits per heavy atom. The van der Waals surface area contributed by atoms with Gasteiger partial charge in [-0.1, -0.05) is 162 Å². The Morgan fingerprint density at radius 3 is 1.39 bits per heavy atom. The van der Waals surface area contributed by atoms with Crippen molar-refractivity contribution in [2.45, 2.75) is 174 Å². The van der Waals surface area contributed by atoms with Gasteiger partial charge in [0.2, 0.25) is 0 Å². The van der Waals surface area contributed by atoms with Crippen LogP contribution < -0.4 is 5.73 Å². The molecule has 0 spiro atoms. The molecule has 0 aliphatic heterocycles. The Morgan fingerprint density at radius 1 is 0.525 bits per heavy atom. The van der Waals surface area contributed by atoms with Gasteiger partial charge < -0.3 is 20.1 Å². The van der Waals surface area contributed by atoms with Gasteiger partial charge in [-0.05, 0) is 89.9 Å². The van der Waals surface area contributed by atoms with Gasteiger partial charge in [0.1, 0.15) is 6.61 Å². The Hall–Kier alpha value is -3.07. The van der Waals surface area contributed by atoms with E-state index in [-0.39, 0.29) is 32.6 Å². The van der Waals surface area contributed by atoms with Gasteiger partial charge in [-0.2, -0.15) is 0 Å². The maximum absolute atomic E-state index is 12.6. The van der Waals surface area contributed by atoms with Crippen LogP contribution in [0.25, 0.3) is 0 Å². The maximum Gasteiger partial charge on any atom is 0.472 e. The van der Waals surface area contributed by atoms with E-state index >= 15 is 0 Å². The number of allylic oxidation sites excluding steroid dienone is 16. The van der Waals surface area contributed by atoms with Gasteiger partial charge in [0.25, 0.3) is 0 Å². The summed E-state index contributed by atoms with van der Waals surface area (Å²) >= 11 is 0. The third-order valence-corrected chi connectivity index (χ3v) is 9.92. The number of nitrogens with two attached hydrogens (primary N) is 1. The number of hydrogen-bond donors (Lipinski definition) is 2. The molecule has 0 aromatic heterocycles. The molecule has 2 atom stereocenters. The van der Waals surface area contributed by atoms with E-state index in [1.807, 2.05) is 0 Å². The molecule has 3 N–H and O–H groups in total. The van der Waals surface area contributed by atoms with E-state index < -0.39 is 32.5 Å². The second kappa shape index (κ2) is 44.5. The largest absolute Gasteiger partial charge is 0.472 e. The number of phosphoric acid groups is 1. The monoisotopic (exact) mass is 844 g/mol. The molecule has 0 aliphatic rings. The maximum atomic E-state index is 12.6. The van der Waals surface area contributed by atoms with Crippen molar-refractivity contribution in [1.29, 1.82) is 0 Å². The smallest absolute Gasteiger partial charge is 0.462 e. The van der Waals surface area contributed by atoms with E-state index in [2.05, 4.69) is 111 Å². The first kappa shape index (κ1) is 55.9. The summed E-state index contributed by atoms with van der Waals surface area (Å²) < 4.78 is 32.8. The molecular weight excluding hydrogens is 762 g/mol. The van der Waals surface area contributed by atoms with Crippen molar-refractivity contribution in [3.05, 3.63) is 97.2 Å². The third-order valence-electron chi connectivity index (χ3n) is 8.93. The summed E-state index contributed by atoms with van der Waals surface area (Å²) in [5.74, 6) is -0.872. The molecular formula is C49H82NO8P. The van der Waals surface area contributed by atoms with Gasteiger partial charge in [-0.25, -0.2) is 4.57 Å². The van der Waals surface area contributed by atoms with Gasteiger partial charge >= 0.3 is 19.8 Å². The summed E-state index contributed by atoms with van der Waals surface area (Å²) in [6, 6.07) is 0. The molecule has 0 rings (SSSR count). The Labute approximate surface area is 359 Å². The average Bonchev–Trinajstić information content (AvgIpc) is 3.22.